The van der Waals surface area contributed by atoms with Gasteiger partial charge in [0.1, 0.15) is 0 Å². The third-order valence-electron chi connectivity index (χ3n) is 3.46. The van der Waals surface area contributed by atoms with E-state index in [1.807, 2.05) is 24.3 Å². The van der Waals surface area contributed by atoms with Gasteiger partial charge in [-0.1, -0.05) is 0 Å². The molecule has 1 atom stereocenters. The predicted octanol–water partition coefficient (Wildman–Crippen LogP) is 2.23. The van der Waals surface area contributed by atoms with Crippen molar-refractivity contribution in [1.29, 1.82) is 0 Å². The third kappa shape index (κ3) is 5.73. The van der Waals surface area contributed by atoms with Crippen LogP contribution >= 0.6 is 0 Å². The first kappa shape index (κ1) is 17.5. The maximum Gasteiger partial charge on any atom is 0.241 e. The zero-order chi connectivity index (χ0) is 15.7. The molecule has 0 bridgehead atoms. The summed E-state index contributed by atoms with van der Waals surface area (Å²) in [5.41, 5.74) is 7.78. The molecule has 0 aromatic heterocycles. The van der Waals surface area contributed by atoms with E-state index in [4.69, 9.17) is 10.5 Å². The molecule has 0 spiro atoms. The Morgan fingerprint density at radius 2 is 1.90 bits per heavy atom. The van der Waals surface area contributed by atoms with Crippen LogP contribution in [0, 0.1) is 0 Å². The van der Waals surface area contributed by atoms with Gasteiger partial charge in [-0.3, -0.25) is 4.79 Å². The van der Waals surface area contributed by atoms with Gasteiger partial charge >= 0.3 is 0 Å². The molecule has 0 radical (unpaired) electrons. The van der Waals surface area contributed by atoms with Crippen molar-refractivity contribution >= 4 is 17.3 Å². The number of amides is 1. The smallest absolute Gasteiger partial charge is 0.241 e. The lowest BCUT2D eigenvalue weighted by atomic mass is 10.1. The lowest BCUT2D eigenvalue weighted by Gasteiger charge is -2.21. The second-order valence-electron chi connectivity index (χ2n) is 4.95. The van der Waals surface area contributed by atoms with E-state index in [2.05, 4.69) is 24.1 Å². The molecule has 5 nitrogen and oxygen atoms in total. The van der Waals surface area contributed by atoms with Gasteiger partial charge in [0.05, 0.1) is 6.04 Å². The Kier molecular flexibility index (Phi) is 7.79. The van der Waals surface area contributed by atoms with Crippen LogP contribution in [0.1, 0.15) is 26.7 Å². The zero-order valence-electron chi connectivity index (χ0n) is 13.3. The highest BCUT2D eigenvalue weighted by atomic mass is 16.5. The number of anilines is 2. The molecule has 5 heteroatoms. The van der Waals surface area contributed by atoms with Gasteiger partial charge < -0.3 is 20.7 Å². The summed E-state index contributed by atoms with van der Waals surface area (Å²) in [6, 6.07) is 7.35. The second kappa shape index (κ2) is 9.37. The van der Waals surface area contributed by atoms with E-state index in [0.717, 1.165) is 30.9 Å². The Morgan fingerprint density at radius 3 is 2.43 bits per heavy atom. The highest BCUT2D eigenvalue weighted by molar-refractivity contribution is 5.94. The molecule has 1 unspecified atom stereocenters. The molecule has 1 aromatic rings. The van der Waals surface area contributed by atoms with Crippen LogP contribution in [0.5, 0.6) is 0 Å². The number of hydrogen-bond acceptors (Lipinski definition) is 4. The monoisotopic (exact) mass is 293 g/mol. The number of carbonyl (C=O) groups is 1. The lowest BCUT2D eigenvalue weighted by molar-refractivity contribution is -0.117. The van der Waals surface area contributed by atoms with E-state index in [1.165, 1.54) is 0 Å². The van der Waals surface area contributed by atoms with Gasteiger partial charge in [0, 0.05) is 38.2 Å². The average molecular weight is 293 g/mol. The number of benzene rings is 1. The van der Waals surface area contributed by atoms with Gasteiger partial charge in [0.15, 0.2) is 0 Å². The first-order chi connectivity index (χ1) is 10.1. The molecule has 0 heterocycles. The lowest BCUT2D eigenvalue weighted by Crippen LogP contribution is -2.35. The zero-order valence-corrected chi connectivity index (χ0v) is 13.3. The van der Waals surface area contributed by atoms with Gasteiger partial charge in [0.2, 0.25) is 5.91 Å². The Morgan fingerprint density at radius 1 is 1.29 bits per heavy atom. The summed E-state index contributed by atoms with van der Waals surface area (Å²) in [7, 11) is 1.64. The van der Waals surface area contributed by atoms with Crippen LogP contribution in [0.15, 0.2) is 24.3 Å². The maximum absolute atomic E-state index is 12.0. The van der Waals surface area contributed by atoms with E-state index in [1.54, 1.807) is 7.11 Å². The molecule has 1 aromatic carbocycles. The summed E-state index contributed by atoms with van der Waals surface area (Å²) in [5.74, 6) is -0.151. The molecule has 0 aliphatic carbocycles. The van der Waals surface area contributed by atoms with Crippen molar-refractivity contribution in [3.05, 3.63) is 24.3 Å². The Hall–Kier alpha value is -1.59. The topological polar surface area (TPSA) is 67.6 Å². The van der Waals surface area contributed by atoms with E-state index in [9.17, 15) is 4.79 Å². The molecule has 118 valence electrons. The van der Waals surface area contributed by atoms with E-state index >= 15 is 0 Å². The molecular formula is C16H27N3O2. The fourth-order valence-corrected chi connectivity index (χ4v) is 2.16. The van der Waals surface area contributed by atoms with Crippen molar-refractivity contribution in [1.82, 2.24) is 0 Å². The number of rotatable bonds is 9. The van der Waals surface area contributed by atoms with Crippen molar-refractivity contribution in [3.8, 4) is 0 Å². The summed E-state index contributed by atoms with van der Waals surface area (Å²) in [4.78, 5) is 14.2. The number of carbonyl (C=O) groups excluding carboxylic acids is 1. The molecule has 1 amide bonds. The maximum atomic E-state index is 12.0. The van der Waals surface area contributed by atoms with Crippen LogP contribution in [-0.2, 0) is 9.53 Å². The third-order valence-corrected chi connectivity index (χ3v) is 3.46. The fraction of sp³-hybridized carbons (Fsp3) is 0.562. The largest absolute Gasteiger partial charge is 0.385 e. The van der Waals surface area contributed by atoms with Crippen molar-refractivity contribution in [2.45, 2.75) is 32.7 Å². The molecule has 0 fully saturated rings. The normalized spacial score (nSPS) is 12.0. The molecule has 0 aliphatic rings. The molecule has 3 N–H and O–H groups in total. The summed E-state index contributed by atoms with van der Waals surface area (Å²) < 4.78 is 4.96. The summed E-state index contributed by atoms with van der Waals surface area (Å²) >= 11 is 0. The highest BCUT2D eigenvalue weighted by Gasteiger charge is 2.13. The second-order valence-corrected chi connectivity index (χ2v) is 4.95. The highest BCUT2D eigenvalue weighted by Crippen LogP contribution is 2.17. The van der Waals surface area contributed by atoms with Crippen LogP contribution in [0.25, 0.3) is 0 Å². The van der Waals surface area contributed by atoms with Crippen molar-refractivity contribution in [2.24, 2.45) is 5.73 Å². The van der Waals surface area contributed by atoms with Gasteiger partial charge in [0.25, 0.3) is 0 Å². The molecule has 21 heavy (non-hydrogen) atoms. The van der Waals surface area contributed by atoms with Crippen LogP contribution in [0.3, 0.4) is 0 Å². The Balaban J connectivity index is 2.53. The molecule has 0 saturated heterocycles. The quantitative estimate of drug-likeness (QED) is 0.685. The first-order valence-electron chi connectivity index (χ1n) is 7.52. The molecule has 0 aliphatic heterocycles. The average Bonchev–Trinajstić information content (AvgIpc) is 2.50. The first-order valence-corrected chi connectivity index (χ1v) is 7.52. The number of nitrogens with two attached hydrogens (primary N) is 1. The van der Waals surface area contributed by atoms with Crippen LogP contribution in [0.4, 0.5) is 11.4 Å². The molecular weight excluding hydrogens is 266 g/mol. The van der Waals surface area contributed by atoms with Crippen molar-refractivity contribution in [2.75, 3.05) is 37.0 Å². The van der Waals surface area contributed by atoms with Gasteiger partial charge in [-0.25, -0.2) is 0 Å². The minimum absolute atomic E-state index is 0.151. The summed E-state index contributed by atoms with van der Waals surface area (Å²) in [6.07, 6.45) is 1.41. The van der Waals surface area contributed by atoms with E-state index in [0.29, 0.717) is 13.0 Å². The summed E-state index contributed by atoms with van der Waals surface area (Å²) in [5, 5.41) is 2.85. The molecule has 1 rings (SSSR count). The summed E-state index contributed by atoms with van der Waals surface area (Å²) in [6.45, 7) is 6.80. The van der Waals surface area contributed by atoms with E-state index < -0.39 is 6.04 Å². The number of nitrogens with zero attached hydrogens (tertiary/aromatic N) is 1. The Bertz CT molecular complexity index is 416. The Labute approximate surface area is 127 Å². The van der Waals surface area contributed by atoms with E-state index in [-0.39, 0.29) is 5.91 Å². The SMILES string of the molecule is CCN(CC)c1ccc(NC(=O)C(N)CCCOC)cc1. The number of hydrogen-bond donors (Lipinski definition) is 2. The van der Waals surface area contributed by atoms with Gasteiger partial charge in [-0.15, -0.1) is 0 Å². The molecule has 0 saturated carbocycles. The van der Waals surface area contributed by atoms with Crippen LogP contribution in [-0.4, -0.2) is 38.8 Å². The van der Waals surface area contributed by atoms with Crippen molar-refractivity contribution < 1.29 is 9.53 Å². The minimum Gasteiger partial charge on any atom is -0.385 e. The number of ether oxygens (including phenoxy) is 1. The van der Waals surface area contributed by atoms with Crippen molar-refractivity contribution in [3.63, 3.8) is 0 Å². The number of nitrogens with one attached hydrogen (secondary N) is 1. The predicted molar refractivity (Wildman–Crippen MR) is 87.7 cm³/mol. The van der Waals surface area contributed by atoms with Gasteiger partial charge in [-0.05, 0) is 51.0 Å². The minimum atomic E-state index is -0.498. The fourth-order valence-electron chi connectivity index (χ4n) is 2.16. The standard InChI is InChI=1S/C16H27N3O2/c1-4-19(5-2)14-10-8-13(9-11-14)18-16(20)15(17)7-6-12-21-3/h8-11,15H,4-7,12,17H2,1-3H3,(H,18,20). The van der Waals surface area contributed by atoms with Crippen LogP contribution < -0.4 is 16.0 Å². The number of methoxy groups -OCH3 is 1. The van der Waals surface area contributed by atoms with Gasteiger partial charge in [-0.2, -0.15) is 0 Å². The van der Waals surface area contributed by atoms with Crippen LogP contribution in [0.2, 0.25) is 0 Å².